The highest BCUT2D eigenvalue weighted by atomic mass is 16.5. The van der Waals surface area contributed by atoms with Crippen molar-refractivity contribution >= 4 is 5.91 Å². The van der Waals surface area contributed by atoms with Gasteiger partial charge in [0.15, 0.2) is 0 Å². The zero-order valence-corrected chi connectivity index (χ0v) is 15.4. The summed E-state index contributed by atoms with van der Waals surface area (Å²) in [4.78, 5) is 19.4. The number of ether oxygens (including phenoxy) is 1. The Bertz CT molecular complexity index is 616. The van der Waals surface area contributed by atoms with Crippen LogP contribution < -0.4 is 0 Å². The third-order valence-corrected chi connectivity index (χ3v) is 6.03. The molecule has 3 heterocycles. The maximum absolute atomic E-state index is 12.5. The van der Waals surface area contributed by atoms with Gasteiger partial charge in [-0.2, -0.15) is 0 Å². The molecule has 1 aromatic carbocycles. The smallest absolute Gasteiger partial charge is 0.227 e. The van der Waals surface area contributed by atoms with Crippen molar-refractivity contribution in [1.29, 1.82) is 0 Å². The summed E-state index contributed by atoms with van der Waals surface area (Å²) in [5.74, 6) is 0.223. The lowest BCUT2D eigenvalue weighted by atomic mass is 9.88. The first kappa shape index (κ1) is 17.0. The number of carbonyl (C=O) groups is 1. The monoisotopic (exact) mass is 343 g/mol. The molecule has 1 atom stereocenters. The van der Waals surface area contributed by atoms with Crippen molar-refractivity contribution in [2.75, 3.05) is 52.9 Å². The van der Waals surface area contributed by atoms with Crippen LogP contribution in [0.2, 0.25) is 0 Å². The van der Waals surface area contributed by atoms with E-state index in [1.165, 1.54) is 5.56 Å². The van der Waals surface area contributed by atoms with Gasteiger partial charge in [-0.15, -0.1) is 0 Å². The van der Waals surface area contributed by atoms with Crippen LogP contribution in [0.1, 0.15) is 17.5 Å². The molecular formula is C20H29N3O2. The number of amides is 1. The fourth-order valence-electron chi connectivity index (χ4n) is 4.28. The van der Waals surface area contributed by atoms with Crippen molar-refractivity contribution in [3.63, 3.8) is 0 Å². The molecule has 0 aliphatic carbocycles. The molecule has 1 spiro atoms. The van der Waals surface area contributed by atoms with Crippen LogP contribution in [0.4, 0.5) is 0 Å². The molecule has 3 saturated heterocycles. The van der Waals surface area contributed by atoms with Crippen molar-refractivity contribution in [2.45, 2.75) is 31.4 Å². The van der Waals surface area contributed by atoms with Gasteiger partial charge in [-0.1, -0.05) is 29.8 Å². The highest BCUT2D eigenvalue weighted by molar-refractivity contribution is 5.80. The quantitative estimate of drug-likeness (QED) is 0.825. The number of benzene rings is 1. The van der Waals surface area contributed by atoms with Gasteiger partial charge in [0.2, 0.25) is 5.91 Å². The van der Waals surface area contributed by atoms with Crippen molar-refractivity contribution in [3.05, 3.63) is 35.4 Å². The Morgan fingerprint density at radius 1 is 1.16 bits per heavy atom. The lowest BCUT2D eigenvalue weighted by Crippen LogP contribution is -2.64. The van der Waals surface area contributed by atoms with E-state index in [2.05, 4.69) is 48.0 Å². The van der Waals surface area contributed by atoms with Crippen molar-refractivity contribution < 1.29 is 9.53 Å². The summed E-state index contributed by atoms with van der Waals surface area (Å²) < 4.78 is 6.17. The number of aryl methyl sites for hydroxylation is 1. The van der Waals surface area contributed by atoms with Gasteiger partial charge in [0.05, 0.1) is 26.1 Å². The minimum absolute atomic E-state index is 0.0725. The molecule has 0 bridgehead atoms. The minimum Gasteiger partial charge on any atom is -0.370 e. The zero-order chi connectivity index (χ0) is 17.4. The number of hydrogen-bond donors (Lipinski definition) is 0. The van der Waals surface area contributed by atoms with Gasteiger partial charge in [-0.05, 0) is 26.0 Å². The predicted molar refractivity (Wildman–Crippen MR) is 97.6 cm³/mol. The van der Waals surface area contributed by atoms with E-state index in [0.29, 0.717) is 12.5 Å². The van der Waals surface area contributed by atoms with Gasteiger partial charge in [0.25, 0.3) is 0 Å². The summed E-state index contributed by atoms with van der Waals surface area (Å²) in [6.07, 6.45) is 1.57. The number of likely N-dealkylation sites (N-methyl/N-ethyl adjacent to an activating group) is 1. The summed E-state index contributed by atoms with van der Waals surface area (Å²) in [6, 6.07) is 8.78. The molecule has 5 nitrogen and oxygen atoms in total. The van der Waals surface area contributed by atoms with Crippen LogP contribution in [0, 0.1) is 6.92 Å². The van der Waals surface area contributed by atoms with E-state index < -0.39 is 0 Å². The average Bonchev–Trinajstić information content (AvgIpc) is 3.02. The van der Waals surface area contributed by atoms with Crippen LogP contribution in [0.5, 0.6) is 0 Å². The van der Waals surface area contributed by atoms with E-state index in [0.717, 1.165) is 57.9 Å². The summed E-state index contributed by atoms with van der Waals surface area (Å²) in [5, 5.41) is 0. The fraction of sp³-hybridized carbons (Fsp3) is 0.650. The molecule has 5 heteroatoms. The molecule has 0 radical (unpaired) electrons. The largest absolute Gasteiger partial charge is 0.370 e. The number of carbonyl (C=O) groups excluding carboxylic acids is 1. The zero-order valence-electron chi connectivity index (χ0n) is 15.4. The normalized spacial score (nSPS) is 26.8. The predicted octanol–water partition coefficient (Wildman–Crippen LogP) is 1.15. The first-order valence-electron chi connectivity index (χ1n) is 9.43. The Balaban J connectivity index is 1.27. The van der Waals surface area contributed by atoms with E-state index in [-0.39, 0.29) is 11.5 Å². The van der Waals surface area contributed by atoms with Gasteiger partial charge in [0.1, 0.15) is 5.60 Å². The van der Waals surface area contributed by atoms with Crippen LogP contribution in [-0.4, -0.2) is 85.2 Å². The Morgan fingerprint density at radius 2 is 1.84 bits per heavy atom. The lowest BCUT2D eigenvalue weighted by Gasteiger charge is -2.47. The molecule has 25 heavy (non-hydrogen) atoms. The van der Waals surface area contributed by atoms with Gasteiger partial charge in [-0.3, -0.25) is 9.69 Å². The number of piperazine rings is 1. The molecule has 3 aliphatic heterocycles. The number of hydrogen-bond acceptors (Lipinski definition) is 4. The third kappa shape index (κ3) is 3.59. The van der Waals surface area contributed by atoms with E-state index in [1.807, 2.05) is 4.90 Å². The number of rotatable bonds is 3. The lowest BCUT2D eigenvalue weighted by molar-refractivity contribution is -0.157. The second kappa shape index (κ2) is 6.71. The first-order valence-corrected chi connectivity index (χ1v) is 9.43. The van der Waals surface area contributed by atoms with Crippen LogP contribution >= 0.6 is 0 Å². The Kier molecular flexibility index (Phi) is 4.56. The first-order chi connectivity index (χ1) is 12.0. The summed E-state index contributed by atoms with van der Waals surface area (Å²) in [6.45, 7) is 8.98. The molecule has 136 valence electrons. The van der Waals surface area contributed by atoms with Crippen LogP contribution in [0.25, 0.3) is 0 Å². The second-order valence-corrected chi connectivity index (χ2v) is 8.10. The van der Waals surface area contributed by atoms with Crippen molar-refractivity contribution in [1.82, 2.24) is 14.7 Å². The minimum atomic E-state index is -0.0725. The SMILES string of the molecule is Cc1ccc(CC(=O)N2CC3(CC(N4CCN(C)CC4)CO3)C2)cc1. The van der Waals surface area contributed by atoms with Crippen LogP contribution in [0.15, 0.2) is 24.3 Å². The molecule has 0 saturated carbocycles. The molecule has 3 fully saturated rings. The van der Waals surface area contributed by atoms with Crippen molar-refractivity contribution in [2.24, 2.45) is 0 Å². The van der Waals surface area contributed by atoms with E-state index in [4.69, 9.17) is 4.74 Å². The van der Waals surface area contributed by atoms with Gasteiger partial charge < -0.3 is 14.5 Å². The second-order valence-electron chi connectivity index (χ2n) is 8.10. The van der Waals surface area contributed by atoms with Crippen LogP contribution in [0.3, 0.4) is 0 Å². The fourth-order valence-corrected chi connectivity index (χ4v) is 4.28. The molecule has 3 aliphatic rings. The van der Waals surface area contributed by atoms with Gasteiger partial charge in [-0.25, -0.2) is 0 Å². The Hall–Kier alpha value is -1.43. The molecule has 1 amide bonds. The standard InChI is InChI=1S/C20H29N3O2/c1-16-3-5-17(6-4-16)11-19(24)23-14-20(15-23)12-18(13-25-20)22-9-7-21(2)8-10-22/h3-6,18H,7-15H2,1-2H3. The summed E-state index contributed by atoms with van der Waals surface area (Å²) >= 11 is 0. The van der Waals surface area contributed by atoms with Gasteiger partial charge >= 0.3 is 0 Å². The van der Waals surface area contributed by atoms with E-state index >= 15 is 0 Å². The van der Waals surface area contributed by atoms with E-state index in [1.54, 1.807) is 0 Å². The van der Waals surface area contributed by atoms with E-state index in [9.17, 15) is 4.79 Å². The highest BCUT2D eigenvalue weighted by Crippen LogP contribution is 2.37. The number of likely N-dealkylation sites (tertiary alicyclic amines) is 1. The molecular weight excluding hydrogens is 314 g/mol. The summed E-state index contributed by atoms with van der Waals surface area (Å²) in [5.41, 5.74) is 2.25. The van der Waals surface area contributed by atoms with Crippen LogP contribution in [-0.2, 0) is 16.0 Å². The topological polar surface area (TPSA) is 36.0 Å². The molecule has 1 aromatic rings. The molecule has 4 rings (SSSR count). The maximum atomic E-state index is 12.5. The molecule has 0 N–H and O–H groups in total. The Morgan fingerprint density at radius 3 is 2.52 bits per heavy atom. The average molecular weight is 343 g/mol. The van der Waals surface area contributed by atoms with Gasteiger partial charge in [0, 0.05) is 32.2 Å². The highest BCUT2D eigenvalue weighted by Gasteiger charge is 2.52. The molecule has 0 aromatic heterocycles. The third-order valence-electron chi connectivity index (χ3n) is 6.03. The summed E-state index contributed by atoms with van der Waals surface area (Å²) in [7, 11) is 2.19. The Labute approximate surface area is 150 Å². The number of nitrogens with zero attached hydrogens (tertiary/aromatic N) is 3. The molecule has 1 unspecified atom stereocenters. The maximum Gasteiger partial charge on any atom is 0.227 e. The van der Waals surface area contributed by atoms with Crippen molar-refractivity contribution in [3.8, 4) is 0 Å².